The molecule has 0 amide bonds. The molecule has 1 heterocycles. The van der Waals surface area contributed by atoms with Crippen LogP contribution >= 0.6 is 0 Å². The molecule has 0 spiro atoms. The third kappa shape index (κ3) is 1.19. The van der Waals surface area contributed by atoms with Gasteiger partial charge in [-0.25, -0.2) is 0 Å². The second kappa shape index (κ2) is 2.83. The molecule has 0 bridgehead atoms. The second-order valence-corrected chi connectivity index (χ2v) is 5.04. The number of nitrogens with two attached hydrogens (primary N) is 1. The lowest BCUT2D eigenvalue weighted by molar-refractivity contribution is 0.245. The molecule has 1 unspecified atom stereocenters. The SMILES string of the molecule is Cc1nn(C)c2c1C(N)C(C)(C)CC2. The molecule has 0 aromatic carbocycles. The number of aryl methyl sites for hydroxylation is 2. The van der Waals surface area contributed by atoms with E-state index in [0.29, 0.717) is 0 Å². The number of fused-ring (bicyclic) bond motifs is 1. The fourth-order valence-electron chi connectivity index (χ4n) is 2.41. The van der Waals surface area contributed by atoms with E-state index in [9.17, 15) is 0 Å². The molecule has 3 nitrogen and oxygen atoms in total. The summed E-state index contributed by atoms with van der Waals surface area (Å²) in [6.45, 7) is 6.54. The zero-order chi connectivity index (χ0) is 10.5. The molecule has 1 aliphatic rings. The van der Waals surface area contributed by atoms with Crippen LogP contribution in [-0.4, -0.2) is 9.78 Å². The lowest BCUT2D eigenvalue weighted by Crippen LogP contribution is -2.34. The molecule has 0 fully saturated rings. The highest BCUT2D eigenvalue weighted by molar-refractivity contribution is 5.33. The Morgan fingerprint density at radius 3 is 2.79 bits per heavy atom. The molecule has 1 aromatic heterocycles. The summed E-state index contributed by atoms with van der Waals surface area (Å²) in [5.74, 6) is 0. The van der Waals surface area contributed by atoms with Crippen molar-refractivity contribution in [1.29, 1.82) is 0 Å². The summed E-state index contributed by atoms with van der Waals surface area (Å²) in [6.07, 6.45) is 2.26. The van der Waals surface area contributed by atoms with Gasteiger partial charge in [-0.15, -0.1) is 0 Å². The normalized spacial score (nSPS) is 24.8. The highest BCUT2D eigenvalue weighted by Crippen LogP contribution is 2.42. The number of hydrogen-bond acceptors (Lipinski definition) is 2. The zero-order valence-electron chi connectivity index (χ0n) is 9.46. The van der Waals surface area contributed by atoms with E-state index in [4.69, 9.17) is 5.73 Å². The molecular weight excluding hydrogens is 174 g/mol. The second-order valence-electron chi connectivity index (χ2n) is 5.04. The Labute approximate surface area is 85.3 Å². The van der Waals surface area contributed by atoms with Gasteiger partial charge in [0.1, 0.15) is 0 Å². The topological polar surface area (TPSA) is 43.8 Å². The molecule has 2 N–H and O–H groups in total. The van der Waals surface area contributed by atoms with Gasteiger partial charge in [-0.05, 0) is 25.2 Å². The van der Waals surface area contributed by atoms with E-state index >= 15 is 0 Å². The van der Waals surface area contributed by atoms with Crippen molar-refractivity contribution in [3.8, 4) is 0 Å². The Morgan fingerprint density at radius 1 is 1.50 bits per heavy atom. The first-order chi connectivity index (χ1) is 6.43. The van der Waals surface area contributed by atoms with Crippen LogP contribution in [0.15, 0.2) is 0 Å². The van der Waals surface area contributed by atoms with Crippen molar-refractivity contribution in [2.45, 2.75) is 39.7 Å². The molecule has 14 heavy (non-hydrogen) atoms. The Hall–Kier alpha value is -0.830. The summed E-state index contributed by atoms with van der Waals surface area (Å²) in [6, 6.07) is 0.139. The van der Waals surface area contributed by atoms with Gasteiger partial charge < -0.3 is 5.73 Å². The van der Waals surface area contributed by atoms with Gasteiger partial charge in [0.2, 0.25) is 0 Å². The third-order valence-corrected chi connectivity index (χ3v) is 3.55. The van der Waals surface area contributed by atoms with Crippen LogP contribution in [0.2, 0.25) is 0 Å². The number of nitrogens with zero attached hydrogens (tertiary/aromatic N) is 2. The lowest BCUT2D eigenvalue weighted by Gasteiger charge is -2.36. The van der Waals surface area contributed by atoms with Crippen molar-refractivity contribution in [2.75, 3.05) is 0 Å². The minimum atomic E-state index is 0.139. The monoisotopic (exact) mass is 193 g/mol. The number of rotatable bonds is 0. The molecule has 3 heteroatoms. The van der Waals surface area contributed by atoms with E-state index < -0.39 is 0 Å². The smallest absolute Gasteiger partial charge is 0.0644 e. The van der Waals surface area contributed by atoms with Crippen molar-refractivity contribution in [3.63, 3.8) is 0 Å². The number of hydrogen-bond donors (Lipinski definition) is 1. The van der Waals surface area contributed by atoms with Crippen LogP contribution < -0.4 is 5.73 Å². The van der Waals surface area contributed by atoms with E-state index in [1.54, 1.807) is 0 Å². The van der Waals surface area contributed by atoms with Crippen LogP contribution in [-0.2, 0) is 13.5 Å². The van der Waals surface area contributed by atoms with Crippen LogP contribution in [0.25, 0.3) is 0 Å². The fourth-order valence-corrected chi connectivity index (χ4v) is 2.41. The number of aromatic nitrogens is 2. The van der Waals surface area contributed by atoms with Crippen molar-refractivity contribution in [3.05, 3.63) is 17.0 Å². The van der Waals surface area contributed by atoms with E-state index in [1.807, 2.05) is 11.7 Å². The molecular formula is C11H19N3. The van der Waals surface area contributed by atoms with Crippen molar-refractivity contribution in [1.82, 2.24) is 9.78 Å². The first kappa shape index (κ1) is 9.71. The third-order valence-electron chi connectivity index (χ3n) is 3.55. The van der Waals surface area contributed by atoms with Crippen molar-refractivity contribution in [2.24, 2.45) is 18.2 Å². The molecule has 0 radical (unpaired) electrons. The highest BCUT2D eigenvalue weighted by atomic mass is 15.3. The maximum Gasteiger partial charge on any atom is 0.0644 e. The summed E-state index contributed by atoms with van der Waals surface area (Å²) in [5, 5.41) is 4.45. The van der Waals surface area contributed by atoms with Crippen LogP contribution in [0, 0.1) is 12.3 Å². The fraction of sp³-hybridized carbons (Fsp3) is 0.727. The van der Waals surface area contributed by atoms with Gasteiger partial charge in [0.15, 0.2) is 0 Å². The van der Waals surface area contributed by atoms with Gasteiger partial charge in [-0.3, -0.25) is 4.68 Å². The summed E-state index contributed by atoms with van der Waals surface area (Å²) < 4.78 is 1.99. The Kier molecular flexibility index (Phi) is 1.96. The van der Waals surface area contributed by atoms with Crippen LogP contribution in [0.1, 0.15) is 43.3 Å². The van der Waals surface area contributed by atoms with Crippen LogP contribution in [0.4, 0.5) is 0 Å². The van der Waals surface area contributed by atoms with Gasteiger partial charge in [0.25, 0.3) is 0 Å². The van der Waals surface area contributed by atoms with Crippen LogP contribution in [0.5, 0.6) is 0 Å². The summed E-state index contributed by atoms with van der Waals surface area (Å²) in [7, 11) is 2.01. The standard InChI is InChI=1S/C11H19N3/c1-7-9-8(14(4)13-7)5-6-11(2,3)10(9)12/h10H,5-6,12H2,1-4H3. The first-order valence-corrected chi connectivity index (χ1v) is 5.21. The minimum absolute atomic E-state index is 0.139. The first-order valence-electron chi connectivity index (χ1n) is 5.21. The molecule has 1 aliphatic carbocycles. The average Bonchev–Trinajstić information content (AvgIpc) is 2.35. The quantitative estimate of drug-likeness (QED) is 0.681. The van der Waals surface area contributed by atoms with Gasteiger partial charge in [0, 0.05) is 24.3 Å². The maximum absolute atomic E-state index is 6.28. The van der Waals surface area contributed by atoms with Gasteiger partial charge in [-0.1, -0.05) is 13.8 Å². The minimum Gasteiger partial charge on any atom is -0.323 e. The Balaban J connectivity index is 2.55. The predicted octanol–water partition coefficient (Wildman–Crippen LogP) is 1.70. The van der Waals surface area contributed by atoms with Gasteiger partial charge in [-0.2, -0.15) is 5.10 Å². The summed E-state index contributed by atoms with van der Waals surface area (Å²) in [5.41, 5.74) is 10.2. The molecule has 1 aromatic rings. The lowest BCUT2D eigenvalue weighted by atomic mass is 9.72. The van der Waals surface area contributed by atoms with Crippen molar-refractivity contribution >= 4 is 0 Å². The Bertz CT molecular complexity index is 363. The molecule has 0 saturated heterocycles. The van der Waals surface area contributed by atoms with E-state index in [0.717, 1.165) is 18.5 Å². The molecule has 0 saturated carbocycles. The molecule has 0 aliphatic heterocycles. The maximum atomic E-state index is 6.28. The van der Waals surface area contributed by atoms with Gasteiger partial charge in [0.05, 0.1) is 5.69 Å². The summed E-state index contributed by atoms with van der Waals surface area (Å²) in [4.78, 5) is 0. The van der Waals surface area contributed by atoms with Gasteiger partial charge >= 0.3 is 0 Å². The van der Waals surface area contributed by atoms with Crippen LogP contribution in [0.3, 0.4) is 0 Å². The molecule has 78 valence electrons. The van der Waals surface area contributed by atoms with E-state index in [2.05, 4.69) is 25.9 Å². The summed E-state index contributed by atoms with van der Waals surface area (Å²) >= 11 is 0. The van der Waals surface area contributed by atoms with Crippen molar-refractivity contribution < 1.29 is 0 Å². The Morgan fingerprint density at radius 2 is 2.14 bits per heavy atom. The highest BCUT2D eigenvalue weighted by Gasteiger charge is 2.36. The van der Waals surface area contributed by atoms with E-state index in [1.165, 1.54) is 11.3 Å². The average molecular weight is 193 g/mol. The van der Waals surface area contributed by atoms with E-state index in [-0.39, 0.29) is 11.5 Å². The molecule has 2 rings (SSSR count). The largest absolute Gasteiger partial charge is 0.323 e. The molecule has 1 atom stereocenters. The predicted molar refractivity (Wildman–Crippen MR) is 57.0 cm³/mol. The zero-order valence-corrected chi connectivity index (χ0v) is 9.46.